The van der Waals surface area contributed by atoms with E-state index in [-0.39, 0.29) is 0 Å². The van der Waals surface area contributed by atoms with Crippen molar-refractivity contribution in [2.75, 3.05) is 45.9 Å². The maximum absolute atomic E-state index is 6.02. The molecule has 7 nitrogen and oxygen atoms in total. The average molecular weight is 406 g/mol. The highest BCUT2D eigenvalue weighted by molar-refractivity contribution is 5.80. The molecule has 0 aromatic carbocycles. The molecule has 1 N–H and O–H groups in total. The van der Waals surface area contributed by atoms with Gasteiger partial charge in [0.15, 0.2) is 5.96 Å². The van der Waals surface area contributed by atoms with Crippen LogP contribution in [0, 0.1) is 0 Å². The highest BCUT2D eigenvalue weighted by atomic mass is 16.5. The first-order valence-corrected chi connectivity index (χ1v) is 11.6. The maximum Gasteiger partial charge on any atom is 0.194 e. The summed E-state index contributed by atoms with van der Waals surface area (Å²) in [7, 11) is 0. The number of unbranched alkanes of at least 4 members (excludes halogenated alkanes) is 2. The van der Waals surface area contributed by atoms with Gasteiger partial charge in [0.25, 0.3) is 0 Å². The van der Waals surface area contributed by atoms with Gasteiger partial charge in [-0.3, -0.25) is 9.89 Å². The number of aromatic nitrogens is 1. The van der Waals surface area contributed by atoms with Crippen LogP contribution in [0.25, 0.3) is 0 Å². The zero-order valence-electron chi connectivity index (χ0n) is 18.2. The van der Waals surface area contributed by atoms with Crippen molar-refractivity contribution >= 4 is 5.96 Å². The molecule has 1 aromatic heterocycles. The van der Waals surface area contributed by atoms with Crippen LogP contribution in [0.1, 0.15) is 64.0 Å². The molecule has 3 rings (SSSR count). The van der Waals surface area contributed by atoms with Gasteiger partial charge in [-0.05, 0) is 39.0 Å². The molecule has 0 unspecified atom stereocenters. The van der Waals surface area contributed by atoms with E-state index in [1.165, 1.54) is 38.5 Å². The summed E-state index contributed by atoms with van der Waals surface area (Å²) < 4.78 is 11.0. The Morgan fingerprint density at radius 1 is 1.17 bits per heavy atom. The third kappa shape index (κ3) is 7.97. The number of hydrogen-bond donors (Lipinski definition) is 1. The minimum atomic E-state index is 0.532. The van der Waals surface area contributed by atoms with Crippen molar-refractivity contribution in [2.24, 2.45) is 4.99 Å². The van der Waals surface area contributed by atoms with E-state index in [0.29, 0.717) is 6.10 Å². The molecule has 2 heterocycles. The molecule has 1 saturated carbocycles. The molecule has 164 valence electrons. The molecule has 0 atom stereocenters. The molecule has 0 spiro atoms. The first-order valence-electron chi connectivity index (χ1n) is 11.6. The van der Waals surface area contributed by atoms with Crippen molar-refractivity contribution in [2.45, 2.75) is 70.9 Å². The Morgan fingerprint density at radius 2 is 2.00 bits per heavy atom. The van der Waals surface area contributed by atoms with Crippen molar-refractivity contribution in [1.82, 2.24) is 20.3 Å². The molecule has 0 amide bonds. The Balaban J connectivity index is 1.30. The van der Waals surface area contributed by atoms with Gasteiger partial charge in [-0.15, -0.1) is 0 Å². The monoisotopic (exact) mass is 405 g/mol. The summed E-state index contributed by atoms with van der Waals surface area (Å²) in [4.78, 5) is 9.67. The summed E-state index contributed by atoms with van der Waals surface area (Å²) in [6.07, 6.45) is 12.3. The van der Waals surface area contributed by atoms with Crippen LogP contribution in [-0.2, 0) is 11.3 Å². The van der Waals surface area contributed by atoms with Crippen molar-refractivity contribution in [3.05, 3.63) is 18.0 Å². The molecule has 0 radical (unpaired) electrons. The normalized spacial score (nSPS) is 19.6. The Hall–Kier alpha value is -1.60. The van der Waals surface area contributed by atoms with Crippen LogP contribution >= 0.6 is 0 Å². The molecule has 1 saturated heterocycles. The fourth-order valence-corrected chi connectivity index (χ4v) is 4.15. The second kappa shape index (κ2) is 12.9. The van der Waals surface area contributed by atoms with Crippen LogP contribution in [0.5, 0.6) is 0 Å². The highest BCUT2D eigenvalue weighted by Crippen LogP contribution is 2.20. The van der Waals surface area contributed by atoms with Gasteiger partial charge in [0.2, 0.25) is 0 Å². The molecular formula is C22H39N5O2. The quantitative estimate of drug-likeness (QED) is 0.366. The van der Waals surface area contributed by atoms with E-state index < -0.39 is 0 Å². The van der Waals surface area contributed by atoms with Gasteiger partial charge in [-0.2, -0.15) is 0 Å². The number of nitrogens with one attached hydrogen (secondary N) is 1. The molecule has 0 bridgehead atoms. The SMILES string of the molecule is CCNC(=NCCCCCOC1CCCCC1)N1CCN(Cc2ccon2)CC1. The van der Waals surface area contributed by atoms with E-state index in [1.807, 2.05) is 6.07 Å². The number of hydrogen-bond acceptors (Lipinski definition) is 5. The molecule has 1 aromatic rings. The number of guanidine groups is 1. The number of rotatable bonds is 10. The van der Waals surface area contributed by atoms with Gasteiger partial charge in [-0.1, -0.05) is 24.4 Å². The van der Waals surface area contributed by atoms with E-state index in [0.717, 1.165) is 76.9 Å². The summed E-state index contributed by atoms with van der Waals surface area (Å²) in [5.41, 5.74) is 1.01. The molecular weight excluding hydrogens is 366 g/mol. The van der Waals surface area contributed by atoms with Crippen molar-refractivity contribution in [3.63, 3.8) is 0 Å². The maximum atomic E-state index is 6.02. The van der Waals surface area contributed by atoms with E-state index in [4.69, 9.17) is 14.3 Å². The van der Waals surface area contributed by atoms with Crippen molar-refractivity contribution in [3.8, 4) is 0 Å². The Kier molecular flexibility index (Phi) is 9.79. The predicted octanol–water partition coefficient (Wildman–Crippen LogP) is 3.28. The largest absolute Gasteiger partial charge is 0.378 e. The fourth-order valence-electron chi connectivity index (χ4n) is 4.15. The van der Waals surface area contributed by atoms with Crippen LogP contribution < -0.4 is 5.32 Å². The number of ether oxygens (including phenoxy) is 1. The Labute approximate surface area is 175 Å². The topological polar surface area (TPSA) is 66.1 Å². The van der Waals surface area contributed by atoms with E-state index in [9.17, 15) is 0 Å². The van der Waals surface area contributed by atoms with Gasteiger partial charge >= 0.3 is 0 Å². The van der Waals surface area contributed by atoms with Crippen molar-refractivity contribution < 1.29 is 9.26 Å². The third-order valence-electron chi connectivity index (χ3n) is 5.85. The molecule has 1 aliphatic heterocycles. The zero-order chi connectivity index (χ0) is 20.2. The molecule has 7 heteroatoms. The van der Waals surface area contributed by atoms with Gasteiger partial charge in [0.05, 0.1) is 11.8 Å². The lowest BCUT2D eigenvalue weighted by Crippen LogP contribution is -2.52. The molecule has 2 fully saturated rings. The minimum absolute atomic E-state index is 0.532. The average Bonchev–Trinajstić information content (AvgIpc) is 3.27. The van der Waals surface area contributed by atoms with Gasteiger partial charge in [-0.25, -0.2) is 0 Å². The lowest BCUT2D eigenvalue weighted by Gasteiger charge is -2.36. The summed E-state index contributed by atoms with van der Waals surface area (Å²) in [6.45, 7) is 9.77. The van der Waals surface area contributed by atoms with Crippen LogP contribution in [0.3, 0.4) is 0 Å². The number of nitrogens with zero attached hydrogens (tertiary/aromatic N) is 4. The van der Waals surface area contributed by atoms with Crippen LogP contribution in [0.2, 0.25) is 0 Å². The van der Waals surface area contributed by atoms with Crippen LogP contribution in [0.4, 0.5) is 0 Å². The van der Waals surface area contributed by atoms with E-state index >= 15 is 0 Å². The summed E-state index contributed by atoms with van der Waals surface area (Å²) in [6, 6.07) is 1.94. The van der Waals surface area contributed by atoms with Gasteiger partial charge in [0.1, 0.15) is 6.26 Å². The molecule has 29 heavy (non-hydrogen) atoms. The van der Waals surface area contributed by atoms with Crippen LogP contribution in [0.15, 0.2) is 21.8 Å². The fraction of sp³-hybridized carbons (Fsp3) is 0.818. The Morgan fingerprint density at radius 3 is 2.72 bits per heavy atom. The molecule has 2 aliphatic rings. The predicted molar refractivity (Wildman–Crippen MR) is 116 cm³/mol. The second-order valence-electron chi connectivity index (χ2n) is 8.18. The standard InChI is InChI=1S/C22H39N5O2/c1-2-23-22(24-12-7-4-8-17-28-21-9-5-3-6-10-21)27-15-13-26(14-16-27)19-20-11-18-29-25-20/h11,18,21H,2-10,12-17,19H2,1H3,(H,23,24). The Bertz CT molecular complexity index is 564. The van der Waals surface area contributed by atoms with E-state index in [1.54, 1.807) is 6.26 Å². The minimum Gasteiger partial charge on any atom is -0.378 e. The lowest BCUT2D eigenvalue weighted by molar-refractivity contribution is 0.0264. The van der Waals surface area contributed by atoms with Gasteiger partial charge < -0.3 is 19.5 Å². The summed E-state index contributed by atoms with van der Waals surface area (Å²) in [5.74, 6) is 1.06. The van der Waals surface area contributed by atoms with E-state index in [2.05, 4.69) is 27.2 Å². The van der Waals surface area contributed by atoms with Crippen LogP contribution in [-0.4, -0.2) is 72.9 Å². The molecule has 1 aliphatic carbocycles. The third-order valence-corrected chi connectivity index (χ3v) is 5.85. The summed E-state index contributed by atoms with van der Waals surface area (Å²) >= 11 is 0. The smallest absolute Gasteiger partial charge is 0.194 e. The number of aliphatic imine (C=N–C) groups is 1. The first kappa shape index (κ1) is 22.1. The number of piperazine rings is 1. The van der Waals surface area contributed by atoms with Gasteiger partial charge in [0, 0.05) is 58.5 Å². The lowest BCUT2D eigenvalue weighted by atomic mass is 9.98. The van der Waals surface area contributed by atoms with Crippen molar-refractivity contribution in [1.29, 1.82) is 0 Å². The summed E-state index contributed by atoms with van der Waals surface area (Å²) in [5, 5.41) is 7.48. The highest BCUT2D eigenvalue weighted by Gasteiger charge is 2.20. The zero-order valence-corrected chi connectivity index (χ0v) is 18.2. The second-order valence-corrected chi connectivity index (χ2v) is 8.18. The first-order chi connectivity index (χ1) is 14.3.